The maximum Gasteiger partial charge on any atom is 0.323 e. The van der Waals surface area contributed by atoms with Crippen molar-refractivity contribution >= 4 is 22.6 Å². The molecule has 0 fully saturated rings. The molecule has 136 valence electrons. The van der Waals surface area contributed by atoms with E-state index in [2.05, 4.69) is 15.3 Å². The maximum absolute atomic E-state index is 12.6. The number of fused-ring (bicyclic) bond motifs is 1. The molecule has 3 rings (SSSR count). The molecule has 2 aromatic carbocycles. The van der Waals surface area contributed by atoms with Crippen LogP contribution in [0.1, 0.15) is 29.8 Å². The van der Waals surface area contributed by atoms with Crippen LogP contribution in [0.2, 0.25) is 0 Å². The van der Waals surface area contributed by atoms with E-state index in [1.54, 1.807) is 24.3 Å². The summed E-state index contributed by atoms with van der Waals surface area (Å²) in [6.07, 6.45) is 0. The zero-order valence-corrected chi connectivity index (χ0v) is 14.9. The van der Waals surface area contributed by atoms with E-state index in [-0.39, 0.29) is 11.6 Å². The number of benzene rings is 2. The molecule has 0 aliphatic carbocycles. The van der Waals surface area contributed by atoms with Crippen molar-refractivity contribution in [1.82, 2.24) is 9.97 Å². The fourth-order valence-corrected chi connectivity index (χ4v) is 2.71. The molecule has 0 unspecified atom stereocenters. The van der Waals surface area contributed by atoms with Crippen LogP contribution >= 0.6 is 0 Å². The Bertz CT molecular complexity index is 1000. The molecule has 0 bridgehead atoms. The third-order valence-electron chi connectivity index (χ3n) is 3.91. The van der Waals surface area contributed by atoms with Crippen LogP contribution in [-0.4, -0.2) is 29.1 Å². The average molecular weight is 355 g/mol. The van der Waals surface area contributed by atoms with Crippen molar-refractivity contribution in [3.63, 3.8) is 0 Å². The fraction of sp³-hybridized carbons (Fsp3) is 0.263. The zero-order valence-electron chi connectivity index (χ0n) is 14.9. The summed E-state index contributed by atoms with van der Waals surface area (Å²) < 4.78 is 11.1. The third-order valence-corrected chi connectivity index (χ3v) is 3.91. The van der Waals surface area contributed by atoms with Gasteiger partial charge >= 0.3 is 5.69 Å². The van der Waals surface area contributed by atoms with E-state index in [9.17, 15) is 9.59 Å². The van der Waals surface area contributed by atoms with Crippen LogP contribution in [-0.2, 0) is 0 Å². The second kappa shape index (κ2) is 7.35. The predicted octanol–water partition coefficient (Wildman–Crippen LogP) is 3.21. The largest absolute Gasteiger partial charge is 0.490 e. The quantitative estimate of drug-likeness (QED) is 0.632. The summed E-state index contributed by atoms with van der Waals surface area (Å²) in [5.41, 5.74) is 2.99. The lowest BCUT2D eigenvalue weighted by atomic mass is 10.1. The van der Waals surface area contributed by atoms with Crippen molar-refractivity contribution in [2.24, 2.45) is 0 Å². The van der Waals surface area contributed by atoms with E-state index in [1.165, 1.54) is 0 Å². The Morgan fingerprint density at radius 3 is 2.35 bits per heavy atom. The minimum absolute atomic E-state index is 0.269. The van der Waals surface area contributed by atoms with Gasteiger partial charge in [-0.2, -0.15) is 0 Å². The number of hydrogen-bond acceptors (Lipinski definition) is 4. The van der Waals surface area contributed by atoms with E-state index < -0.39 is 0 Å². The van der Waals surface area contributed by atoms with Gasteiger partial charge in [-0.25, -0.2) is 4.79 Å². The number of anilines is 1. The van der Waals surface area contributed by atoms with Crippen LogP contribution < -0.4 is 20.5 Å². The molecule has 0 aliphatic heterocycles. The Morgan fingerprint density at radius 2 is 1.65 bits per heavy atom. The average Bonchev–Trinajstić information content (AvgIpc) is 2.96. The molecule has 0 spiro atoms. The number of ether oxygens (including phenoxy) is 2. The van der Waals surface area contributed by atoms with Gasteiger partial charge < -0.3 is 24.8 Å². The molecule has 7 nitrogen and oxygen atoms in total. The van der Waals surface area contributed by atoms with Gasteiger partial charge in [0.25, 0.3) is 5.91 Å². The number of amides is 1. The third kappa shape index (κ3) is 3.56. The van der Waals surface area contributed by atoms with Gasteiger partial charge in [-0.05, 0) is 56.7 Å². The number of rotatable bonds is 6. The lowest BCUT2D eigenvalue weighted by Crippen LogP contribution is -2.13. The van der Waals surface area contributed by atoms with Crippen molar-refractivity contribution in [2.45, 2.75) is 20.8 Å². The van der Waals surface area contributed by atoms with E-state index >= 15 is 0 Å². The highest BCUT2D eigenvalue weighted by molar-refractivity contribution is 6.05. The molecule has 0 radical (unpaired) electrons. The molecular formula is C19H21N3O4. The molecule has 0 atom stereocenters. The van der Waals surface area contributed by atoms with Crippen LogP contribution in [0, 0.1) is 6.92 Å². The van der Waals surface area contributed by atoms with Crippen LogP contribution in [0.15, 0.2) is 35.1 Å². The molecule has 0 saturated heterocycles. The van der Waals surface area contributed by atoms with Gasteiger partial charge in [0.1, 0.15) is 0 Å². The number of aromatic amines is 2. The monoisotopic (exact) mass is 355 g/mol. The Balaban J connectivity index is 1.88. The summed E-state index contributed by atoms with van der Waals surface area (Å²) in [4.78, 5) is 29.4. The number of carbonyl (C=O) groups excluding carboxylic acids is 1. The summed E-state index contributed by atoms with van der Waals surface area (Å²) in [5.74, 6) is 0.867. The zero-order chi connectivity index (χ0) is 18.7. The molecule has 1 amide bonds. The number of aromatic nitrogens is 2. The summed E-state index contributed by atoms with van der Waals surface area (Å²) in [6, 6.07) is 8.62. The number of hydrogen-bond donors (Lipinski definition) is 3. The normalized spacial score (nSPS) is 10.7. The highest BCUT2D eigenvalue weighted by Gasteiger charge is 2.13. The van der Waals surface area contributed by atoms with Crippen molar-refractivity contribution < 1.29 is 14.3 Å². The van der Waals surface area contributed by atoms with Gasteiger partial charge in [0, 0.05) is 11.3 Å². The number of imidazole rings is 1. The van der Waals surface area contributed by atoms with Crippen molar-refractivity contribution in [3.8, 4) is 11.5 Å². The summed E-state index contributed by atoms with van der Waals surface area (Å²) in [7, 11) is 0. The number of H-pyrrole nitrogens is 2. The van der Waals surface area contributed by atoms with Gasteiger partial charge in [0.2, 0.25) is 0 Å². The minimum Gasteiger partial charge on any atom is -0.490 e. The van der Waals surface area contributed by atoms with E-state index in [0.29, 0.717) is 47.0 Å². The molecule has 26 heavy (non-hydrogen) atoms. The lowest BCUT2D eigenvalue weighted by molar-refractivity contribution is 0.102. The van der Waals surface area contributed by atoms with Gasteiger partial charge in [0.05, 0.1) is 24.2 Å². The van der Waals surface area contributed by atoms with Crippen LogP contribution in [0.25, 0.3) is 11.0 Å². The van der Waals surface area contributed by atoms with Gasteiger partial charge in [-0.1, -0.05) is 0 Å². The highest BCUT2D eigenvalue weighted by atomic mass is 16.5. The number of carbonyl (C=O) groups is 1. The first-order chi connectivity index (χ1) is 12.5. The van der Waals surface area contributed by atoms with Crippen molar-refractivity contribution in [3.05, 3.63) is 51.9 Å². The van der Waals surface area contributed by atoms with E-state index in [1.807, 2.05) is 26.8 Å². The molecule has 3 aromatic rings. The van der Waals surface area contributed by atoms with Crippen molar-refractivity contribution in [2.75, 3.05) is 18.5 Å². The summed E-state index contributed by atoms with van der Waals surface area (Å²) in [5, 5.41) is 2.88. The second-order valence-corrected chi connectivity index (χ2v) is 5.77. The van der Waals surface area contributed by atoms with Crippen LogP contribution in [0.4, 0.5) is 5.69 Å². The predicted molar refractivity (Wildman–Crippen MR) is 100 cm³/mol. The first-order valence-corrected chi connectivity index (χ1v) is 8.45. The van der Waals surface area contributed by atoms with Gasteiger partial charge in [-0.15, -0.1) is 0 Å². The highest BCUT2D eigenvalue weighted by Crippen LogP contribution is 2.29. The first-order valence-electron chi connectivity index (χ1n) is 8.45. The van der Waals surface area contributed by atoms with Crippen LogP contribution in [0.3, 0.4) is 0 Å². The Morgan fingerprint density at radius 1 is 1.00 bits per heavy atom. The Kier molecular flexibility index (Phi) is 4.97. The first kappa shape index (κ1) is 17.6. The van der Waals surface area contributed by atoms with Gasteiger partial charge in [0.15, 0.2) is 11.5 Å². The molecule has 0 saturated carbocycles. The SMILES string of the molecule is CCOc1ccc(C(=O)Nc2cc3[nH]c(=O)[nH]c3cc2C)cc1OCC. The van der Waals surface area contributed by atoms with E-state index in [0.717, 1.165) is 5.56 Å². The smallest absolute Gasteiger partial charge is 0.323 e. The van der Waals surface area contributed by atoms with Crippen molar-refractivity contribution in [1.29, 1.82) is 0 Å². The molecular weight excluding hydrogens is 334 g/mol. The summed E-state index contributed by atoms with van der Waals surface area (Å²) in [6.45, 7) is 6.62. The topological polar surface area (TPSA) is 96.2 Å². The fourth-order valence-electron chi connectivity index (χ4n) is 2.71. The number of nitrogens with one attached hydrogen (secondary N) is 3. The molecule has 0 aliphatic rings. The van der Waals surface area contributed by atoms with Gasteiger partial charge in [-0.3, -0.25) is 4.79 Å². The second-order valence-electron chi connectivity index (χ2n) is 5.77. The number of aryl methyl sites for hydroxylation is 1. The molecule has 1 heterocycles. The molecule has 7 heteroatoms. The van der Waals surface area contributed by atoms with Crippen LogP contribution in [0.5, 0.6) is 11.5 Å². The standard InChI is InChI=1S/C19H21N3O4/c1-4-25-16-7-6-12(9-17(16)26-5-2)18(23)20-13-10-15-14(8-11(13)3)21-19(24)22-15/h6-10H,4-5H2,1-3H3,(H,20,23)(H2,21,22,24). The summed E-state index contributed by atoms with van der Waals surface area (Å²) >= 11 is 0. The molecule has 1 aromatic heterocycles. The molecule has 3 N–H and O–H groups in total. The maximum atomic E-state index is 12.6. The minimum atomic E-state index is -0.282. The van der Waals surface area contributed by atoms with E-state index in [4.69, 9.17) is 9.47 Å². The Labute approximate surface area is 150 Å². The Hall–Kier alpha value is -3.22. The lowest BCUT2D eigenvalue weighted by Gasteiger charge is -2.13.